The Morgan fingerprint density at radius 2 is 1.55 bits per heavy atom. The summed E-state index contributed by atoms with van der Waals surface area (Å²) in [6.45, 7) is 11.5. The number of carbonyl (C=O) groups is 3. The summed E-state index contributed by atoms with van der Waals surface area (Å²) in [5.74, 6) is -0.575. The molecule has 2 bridgehead atoms. The Bertz CT molecular complexity index is 3390. The van der Waals surface area contributed by atoms with Gasteiger partial charge in [-0.25, -0.2) is 31.3 Å². The number of halogens is 4. The minimum Gasteiger partial charge on any atom is -0.380 e. The number of amides is 4. The predicted molar refractivity (Wildman–Crippen MR) is 313 cm³/mol. The van der Waals surface area contributed by atoms with Crippen molar-refractivity contribution in [3.8, 4) is 0 Å². The quantitative estimate of drug-likeness (QED) is 0.0664. The summed E-state index contributed by atoms with van der Waals surface area (Å²) in [6.07, 6.45) is 7.33. The van der Waals surface area contributed by atoms with Crippen LogP contribution in [0.5, 0.6) is 0 Å². The van der Waals surface area contributed by atoms with Crippen molar-refractivity contribution in [2.75, 3.05) is 79.8 Å². The summed E-state index contributed by atoms with van der Waals surface area (Å²) in [7, 11) is -11.0. The van der Waals surface area contributed by atoms with E-state index >= 15 is 0 Å². The van der Waals surface area contributed by atoms with E-state index in [0.717, 1.165) is 106 Å². The van der Waals surface area contributed by atoms with Crippen LogP contribution in [-0.4, -0.2) is 143 Å². The van der Waals surface area contributed by atoms with Crippen LogP contribution in [0.15, 0.2) is 136 Å². The van der Waals surface area contributed by atoms with Crippen molar-refractivity contribution in [2.24, 2.45) is 5.41 Å². The van der Waals surface area contributed by atoms with Crippen LogP contribution >= 0.6 is 23.4 Å². The lowest BCUT2D eigenvalue weighted by Gasteiger charge is -2.41. The van der Waals surface area contributed by atoms with Gasteiger partial charge in [-0.3, -0.25) is 34.5 Å². The number of aromatic nitrogens is 1. The number of pyridine rings is 1. The minimum atomic E-state index is -6.13. The molecule has 10 rings (SSSR count). The molecule has 5 aromatic rings. The normalized spacial score (nSPS) is 20.7. The molecule has 0 spiro atoms. The molecule has 0 radical (unpaired) electrons. The van der Waals surface area contributed by atoms with Crippen LogP contribution in [0.3, 0.4) is 0 Å². The van der Waals surface area contributed by atoms with Gasteiger partial charge in [-0.15, -0.1) is 11.8 Å². The first-order valence-corrected chi connectivity index (χ1v) is 32.0. The van der Waals surface area contributed by atoms with Crippen LogP contribution in [0.4, 0.5) is 35.2 Å². The third-order valence-electron chi connectivity index (χ3n) is 16.3. The van der Waals surface area contributed by atoms with Gasteiger partial charge in [0.15, 0.2) is 0 Å². The van der Waals surface area contributed by atoms with E-state index < -0.39 is 58.8 Å². The average Bonchev–Trinajstić information content (AvgIpc) is 3.82. The largest absolute Gasteiger partial charge is 0.501 e. The molecule has 4 aromatic carbocycles. The van der Waals surface area contributed by atoms with E-state index in [9.17, 15) is 44.4 Å². The van der Waals surface area contributed by atoms with Crippen LogP contribution in [0, 0.1) is 5.41 Å². The lowest BCUT2D eigenvalue weighted by atomic mass is 9.73. The van der Waals surface area contributed by atoms with Gasteiger partial charge < -0.3 is 10.2 Å². The maximum atomic E-state index is 14.5. The molecule has 5 aliphatic rings. The molecule has 4 fully saturated rings. The van der Waals surface area contributed by atoms with Gasteiger partial charge in [-0.1, -0.05) is 67.4 Å². The first-order valence-electron chi connectivity index (χ1n) is 27.6. The second-order valence-corrected chi connectivity index (χ2v) is 27.8. The number of urea groups is 1. The van der Waals surface area contributed by atoms with Gasteiger partial charge >= 0.3 is 11.5 Å². The van der Waals surface area contributed by atoms with Gasteiger partial charge in [0.25, 0.3) is 25.8 Å². The number of imide groups is 1. The van der Waals surface area contributed by atoms with Gasteiger partial charge in [0, 0.05) is 123 Å². The molecule has 3 atom stereocenters. The van der Waals surface area contributed by atoms with E-state index in [-0.39, 0.29) is 41.9 Å². The van der Waals surface area contributed by atoms with Crippen LogP contribution < -0.4 is 25.2 Å². The van der Waals surface area contributed by atoms with Crippen LogP contribution in [0.2, 0.25) is 5.02 Å². The molecule has 1 aliphatic carbocycles. The molecular weight excluding hydrogens is 1140 g/mol. The van der Waals surface area contributed by atoms with Crippen LogP contribution in [-0.2, 0) is 31.2 Å². The summed E-state index contributed by atoms with van der Waals surface area (Å²) < 4.78 is 100. The number of alkyl halides is 3. The number of benzene rings is 4. The highest BCUT2D eigenvalue weighted by Gasteiger charge is 2.49. The SMILES string of the molecule is CC1(C)CCC(c2ccc(Cl)cc2)=C(CN2CCN(c3ccc(C(=O)NS(=O)(=O)c4ccc(N[C@H](CCN5C6CCC5CN(Cc5ccc(N7CCC(=O)NC7=O)nc5)C6)CSc5ccccc5)c(S(=O)(=O)C(F)(F)F)c4)cc3)CC2)C1. The summed E-state index contributed by atoms with van der Waals surface area (Å²) in [6, 6.07) is 29.3. The fraction of sp³-hybridized carbons (Fsp3) is 0.424. The zero-order chi connectivity index (χ0) is 58.0. The Morgan fingerprint density at radius 1 is 0.841 bits per heavy atom. The number of piperazine rings is 2. The number of hydrogen-bond acceptors (Lipinski definition) is 14. The highest BCUT2D eigenvalue weighted by Crippen LogP contribution is 2.43. The molecule has 4 saturated heterocycles. The first kappa shape index (κ1) is 59.2. The zero-order valence-electron chi connectivity index (χ0n) is 45.7. The molecule has 1 aromatic heterocycles. The Hall–Kier alpha value is -6.01. The third kappa shape index (κ3) is 14.0. The highest BCUT2D eigenvalue weighted by molar-refractivity contribution is 7.99. The molecule has 16 nitrogen and oxygen atoms in total. The molecule has 4 aliphatic heterocycles. The second-order valence-electron chi connectivity index (χ2n) is 22.6. The fourth-order valence-electron chi connectivity index (χ4n) is 11.9. The van der Waals surface area contributed by atoms with Crippen molar-refractivity contribution in [2.45, 2.75) is 104 Å². The van der Waals surface area contributed by atoms with Crippen molar-refractivity contribution in [1.29, 1.82) is 0 Å². The molecule has 436 valence electrons. The molecule has 5 heterocycles. The van der Waals surface area contributed by atoms with Crippen molar-refractivity contribution in [3.05, 3.63) is 143 Å². The maximum absolute atomic E-state index is 14.5. The van der Waals surface area contributed by atoms with Gasteiger partial charge in [-0.2, -0.15) is 13.2 Å². The number of likely N-dealkylation sites (tertiary alicyclic amines) is 1. The van der Waals surface area contributed by atoms with E-state index in [1.165, 1.54) is 45.5 Å². The molecule has 2 unspecified atom stereocenters. The fourth-order valence-corrected chi connectivity index (χ4v) is 15.1. The van der Waals surface area contributed by atoms with Gasteiger partial charge in [0.05, 0.1) is 10.6 Å². The smallest absolute Gasteiger partial charge is 0.380 e. The van der Waals surface area contributed by atoms with Gasteiger partial charge in [0.2, 0.25) is 5.91 Å². The topological polar surface area (TPSA) is 185 Å². The van der Waals surface area contributed by atoms with E-state index in [2.05, 4.69) is 61.2 Å². The molecule has 4 amide bonds. The van der Waals surface area contributed by atoms with Gasteiger partial charge in [0.1, 0.15) is 10.7 Å². The maximum Gasteiger partial charge on any atom is 0.501 e. The number of thioether (sulfide) groups is 1. The summed E-state index contributed by atoms with van der Waals surface area (Å²) in [4.78, 5) is 51.7. The molecular formula is C59H67ClF3N9O7S3. The molecule has 3 N–H and O–H groups in total. The van der Waals surface area contributed by atoms with Crippen molar-refractivity contribution in [1.82, 2.24) is 29.7 Å². The number of hydrogen-bond donors (Lipinski definition) is 3. The number of rotatable bonds is 19. The number of sulfonamides is 1. The minimum absolute atomic E-state index is 0.0169. The molecule has 0 saturated carbocycles. The Balaban J connectivity index is 0.785. The number of anilines is 3. The summed E-state index contributed by atoms with van der Waals surface area (Å²) in [5.41, 5.74) is -0.189. The standard InChI is InChI=1S/C59H67ClF3N9O7S3/c1-58(2)25-22-51(41-9-13-44(60)14-10-41)43(33-58)36-68-28-30-70(31-29-68)46-15-11-42(12-16-46)56(74)67-82(78,79)50-19-20-52(53(32-50)81(76,77)59(61,62)63)65-45(39-80-49-6-4-3-5-7-49)23-26-71-47-17-18-48(71)38-69(37-47)35-40-8-21-54(64-34-40)72-27-24-55(73)66-57(72)75/h3-16,19-21,32,34,45,47-48,65H,17-18,22-31,33,35-39H2,1-2H3,(H,67,74)(H,66,73,75)/t45-,47?,48?/m1/s1. The Kier molecular flexibility index (Phi) is 17.8. The second kappa shape index (κ2) is 24.7. The van der Waals surface area contributed by atoms with E-state index in [0.29, 0.717) is 42.2 Å². The number of carbonyl (C=O) groups excluding carboxylic acids is 3. The van der Waals surface area contributed by atoms with Crippen molar-refractivity contribution < 1.29 is 44.4 Å². The Morgan fingerprint density at radius 3 is 2.21 bits per heavy atom. The average molecular weight is 1200 g/mol. The predicted octanol–water partition coefficient (Wildman–Crippen LogP) is 9.69. The number of allylic oxidation sites excluding steroid dienone is 1. The van der Waals surface area contributed by atoms with E-state index in [1.807, 2.05) is 53.3 Å². The molecule has 82 heavy (non-hydrogen) atoms. The van der Waals surface area contributed by atoms with Crippen molar-refractivity contribution in [3.63, 3.8) is 0 Å². The van der Waals surface area contributed by atoms with E-state index in [4.69, 9.17) is 11.6 Å². The lowest BCUT2D eigenvalue weighted by Crippen LogP contribution is -2.54. The third-order valence-corrected chi connectivity index (χ3v) is 20.6. The Labute approximate surface area is 486 Å². The molecule has 23 heteroatoms. The number of nitrogens with one attached hydrogen (secondary N) is 3. The zero-order valence-corrected chi connectivity index (χ0v) is 48.9. The first-order chi connectivity index (χ1) is 39.1. The summed E-state index contributed by atoms with van der Waals surface area (Å²) in [5, 5.41) is 6.10. The monoisotopic (exact) mass is 1200 g/mol. The van der Waals surface area contributed by atoms with E-state index in [1.54, 1.807) is 24.4 Å². The highest BCUT2D eigenvalue weighted by atomic mass is 35.5. The number of fused-ring (bicyclic) bond motifs is 2. The van der Waals surface area contributed by atoms with Crippen LogP contribution in [0.1, 0.15) is 80.3 Å². The number of sulfone groups is 1. The number of nitrogens with zero attached hydrogens (tertiary/aromatic N) is 6. The van der Waals surface area contributed by atoms with Gasteiger partial charge in [-0.05, 0) is 133 Å². The van der Waals surface area contributed by atoms with Crippen LogP contribution in [0.25, 0.3) is 5.57 Å². The van der Waals surface area contributed by atoms with Crippen molar-refractivity contribution >= 4 is 83.8 Å². The summed E-state index contributed by atoms with van der Waals surface area (Å²) >= 11 is 7.66. The lowest BCUT2D eigenvalue weighted by molar-refractivity contribution is -0.120.